The van der Waals surface area contributed by atoms with Crippen molar-refractivity contribution in [3.05, 3.63) is 95.1 Å². The first-order valence-corrected chi connectivity index (χ1v) is 14.8. The Bertz CT molecular complexity index is 1410. The summed E-state index contributed by atoms with van der Waals surface area (Å²) in [6, 6.07) is 20.5. The van der Waals surface area contributed by atoms with E-state index in [9.17, 15) is 14.4 Å². The van der Waals surface area contributed by atoms with E-state index in [0.29, 0.717) is 11.4 Å². The zero-order valence-electron chi connectivity index (χ0n) is 26.0. The van der Waals surface area contributed by atoms with E-state index in [1.165, 1.54) is 0 Å². The number of benzene rings is 3. The van der Waals surface area contributed by atoms with Crippen LogP contribution < -0.4 is 15.4 Å². The zero-order chi connectivity index (χ0) is 31.1. The van der Waals surface area contributed by atoms with Crippen molar-refractivity contribution in [3.63, 3.8) is 0 Å². The topological polar surface area (TPSA) is 97.0 Å². The summed E-state index contributed by atoms with van der Waals surface area (Å²) >= 11 is 0. The normalized spacial score (nSPS) is 14.6. The number of aryl methyl sites for hydroxylation is 2. The zero-order valence-corrected chi connectivity index (χ0v) is 26.0. The van der Waals surface area contributed by atoms with Crippen molar-refractivity contribution in [1.29, 1.82) is 0 Å². The van der Waals surface area contributed by atoms with Gasteiger partial charge in [0.1, 0.15) is 23.4 Å². The molecule has 2 unspecified atom stereocenters. The fraction of sp³-hybridized carbons (Fsp3) is 0.400. The van der Waals surface area contributed by atoms with Gasteiger partial charge in [-0.1, -0.05) is 54.1 Å². The molecule has 8 nitrogen and oxygen atoms in total. The average molecular weight is 586 g/mol. The lowest BCUT2D eigenvalue weighted by molar-refractivity contribution is -0.145. The molecule has 0 aromatic heterocycles. The summed E-state index contributed by atoms with van der Waals surface area (Å²) in [6.07, 6.45) is 2.07. The number of hydrogen-bond donors (Lipinski definition) is 2. The highest BCUT2D eigenvalue weighted by atomic mass is 16.6. The molecular weight excluding hydrogens is 542 g/mol. The largest absolute Gasteiger partial charge is 0.497 e. The summed E-state index contributed by atoms with van der Waals surface area (Å²) in [4.78, 5) is 43.6. The van der Waals surface area contributed by atoms with Crippen molar-refractivity contribution in [3.8, 4) is 5.75 Å². The number of methoxy groups -OCH3 is 1. The summed E-state index contributed by atoms with van der Waals surface area (Å²) < 4.78 is 10.8. The first kappa shape index (κ1) is 31.6. The fourth-order valence-corrected chi connectivity index (χ4v) is 5.30. The lowest BCUT2D eigenvalue weighted by Gasteiger charge is -2.44. The maximum Gasteiger partial charge on any atom is 0.408 e. The van der Waals surface area contributed by atoms with Crippen LogP contribution in [0.1, 0.15) is 68.3 Å². The second kappa shape index (κ2) is 13.8. The molecule has 1 aliphatic carbocycles. The van der Waals surface area contributed by atoms with E-state index in [1.807, 2.05) is 62.4 Å². The van der Waals surface area contributed by atoms with E-state index in [1.54, 1.807) is 57.0 Å². The maximum atomic E-state index is 14.7. The monoisotopic (exact) mass is 585 g/mol. The van der Waals surface area contributed by atoms with Gasteiger partial charge in [0, 0.05) is 18.2 Å². The van der Waals surface area contributed by atoms with Crippen LogP contribution in [0.5, 0.6) is 5.75 Å². The van der Waals surface area contributed by atoms with Crippen LogP contribution in [-0.2, 0) is 20.7 Å². The number of anilines is 1. The molecule has 1 saturated carbocycles. The number of rotatable bonds is 10. The number of hydrogen-bond acceptors (Lipinski definition) is 5. The van der Waals surface area contributed by atoms with Crippen LogP contribution in [0, 0.1) is 13.8 Å². The molecule has 1 aliphatic rings. The van der Waals surface area contributed by atoms with Crippen LogP contribution in [0.15, 0.2) is 72.8 Å². The van der Waals surface area contributed by atoms with Gasteiger partial charge in [-0.25, -0.2) is 4.79 Å². The first-order chi connectivity index (χ1) is 20.4. The fourth-order valence-electron chi connectivity index (χ4n) is 5.30. The molecule has 8 heteroatoms. The second-order valence-electron chi connectivity index (χ2n) is 12.2. The third kappa shape index (κ3) is 8.37. The Morgan fingerprint density at radius 2 is 1.63 bits per heavy atom. The molecule has 3 amide bonds. The Labute approximate surface area is 254 Å². The molecule has 3 aromatic carbocycles. The van der Waals surface area contributed by atoms with Crippen LogP contribution in [0.25, 0.3) is 0 Å². The van der Waals surface area contributed by atoms with Crippen LogP contribution in [-0.4, -0.2) is 47.6 Å². The SMILES string of the molecule is COc1ccc(NC(=O)C(c2ccc(C)cc2C)N(C(=O)C(Cc2ccccc2)NC(=O)OC(C)(C)C)C2CCC2)cc1. The standard InChI is InChI=1S/C35H43N3O5/c1-23-15-20-29(24(2)21-23)31(32(39)36-26-16-18-28(42-6)19-17-26)38(27-13-10-14-27)33(40)30(22-25-11-8-7-9-12-25)37-34(41)43-35(3,4)5/h7-9,11-12,15-21,27,30-31H,10,13-14,22H2,1-6H3,(H,36,39)(H,37,41). The van der Waals surface area contributed by atoms with Gasteiger partial charge in [0.25, 0.3) is 5.91 Å². The number of amides is 3. The number of carbonyl (C=O) groups is 3. The van der Waals surface area contributed by atoms with Gasteiger partial charge in [-0.05, 0) is 94.8 Å². The van der Waals surface area contributed by atoms with Gasteiger partial charge in [0.15, 0.2) is 0 Å². The molecular formula is C35H43N3O5. The molecule has 0 saturated heterocycles. The Balaban J connectivity index is 1.75. The molecule has 4 rings (SSSR count). The van der Waals surface area contributed by atoms with E-state index in [-0.39, 0.29) is 24.3 Å². The molecule has 1 fully saturated rings. The van der Waals surface area contributed by atoms with E-state index in [4.69, 9.17) is 9.47 Å². The lowest BCUT2D eigenvalue weighted by atomic mass is 9.86. The van der Waals surface area contributed by atoms with Crippen molar-refractivity contribution in [2.24, 2.45) is 0 Å². The van der Waals surface area contributed by atoms with Crippen molar-refractivity contribution in [2.45, 2.75) is 84.0 Å². The van der Waals surface area contributed by atoms with E-state index < -0.39 is 23.8 Å². The highest BCUT2D eigenvalue weighted by molar-refractivity contribution is 5.99. The van der Waals surface area contributed by atoms with Crippen LogP contribution in [0.4, 0.5) is 10.5 Å². The molecule has 0 bridgehead atoms. The molecule has 43 heavy (non-hydrogen) atoms. The third-order valence-electron chi connectivity index (χ3n) is 7.60. The molecule has 3 aromatic rings. The molecule has 2 atom stereocenters. The molecule has 0 heterocycles. The van der Waals surface area contributed by atoms with Crippen molar-refractivity contribution in [2.75, 3.05) is 12.4 Å². The summed E-state index contributed by atoms with van der Waals surface area (Å²) in [7, 11) is 1.59. The maximum absolute atomic E-state index is 14.7. The Morgan fingerprint density at radius 3 is 2.19 bits per heavy atom. The van der Waals surface area contributed by atoms with E-state index in [0.717, 1.165) is 41.5 Å². The number of carbonyl (C=O) groups excluding carboxylic acids is 3. The van der Waals surface area contributed by atoms with Gasteiger partial charge in [-0.15, -0.1) is 0 Å². The van der Waals surface area contributed by atoms with Gasteiger partial charge >= 0.3 is 6.09 Å². The number of nitrogens with one attached hydrogen (secondary N) is 2. The van der Waals surface area contributed by atoms with Crippen LogP contribution in [0.3, 0.4) is 0 Å². The van der Waals surface area contributed by atoms with Crippen LogP contribution >= 0.6 is 0 Å². The Morgan fingerprint density at radius 1 is 0.953 bits per heavy atom. The lowest BCUT2D eigenvalue weighted by Crippen LogP contribution is -2.57. The molecule has 228 valence electrons. The molecule has 2 N–H and O–H groups in total. The van der Waals surface area contributed by atoms with Crippen LogP contribution in [0.2, 0.25) is 0 Å². The second-order valence-corrected chi connectivity index (χ2v) is 12.2. The van der Waals surface area contributed by atoms with Crippen molar-refractivity contribution < 1.29 is 23.9 Å². The molecule has 0 aliphatic heterocycles. The summed E-state index contributed by atoms with van der Waals surface area (Å²) in [5, 5.41) is 5.87. The molecule has 0 spiro atoms. The Hall–Kier alpha value is -4.33. The minimum absolute atomic E-state index is 0.154. The Kier molecular flexibility index (Phi) is 10.1. The highest BCUT2D eigenvalue weighted by Crippen LogP contribution is 2.36. The van der Waals surface area contributed by atoms with Gasteiger partial charge in [0.05, 0.1) is 7.11 Å². The van der Waals surface area contributed by atoms with Gasteiger partial charge in [0.2, 0.25) is 5.91 Å². The quantitative estimate of drug-likeness (QED) is 0.283. The van der Waals surface area contributed by atoms with Gasteiger partial charge in [-0.3, -0.25) is 9.59 Å². The van der Waals surface area contributed by atoms with E-state index in [2.05, 4.69) is 10.6 Å². The van der Waals surface area contributed by atoms with Crippen molar-refractivity contribution >= 4 is 23.6 Å². The molecule has 0 radical (unpaired) electrons. The predicted molar refractivity (Wildman–Crippen MR) is 168 cm³/mol. The first-order valence-electron chi connectivity index (χ1n) is 14.8. The number of nitrogens with zero attached hydrogens (tertiary/aromatic N) is 1. The highest BCUT2D eigenvalue weighted by Gasteiger charge is 2.42. The van der Waals surface area contributed by atoms with Crippen molar-refractivity contribution in [1.82, 2.24) is 10.2 Å². The number of ether oxygens (including phenoxy) is 2. The minimum Gasteiger partial charge on any atom is -0.497 e. The average Bonchev–Trinajstić information content (AvgIpc) is 2.92. The van der Waals surface area contributed by atoms with Gasteiger partial charge in [-0.2, -0.15) is 0 Å². The third-order valence-corrected chi connectivity index (χ3v) is 7.60. The van der Waals surface area contributed by atoms with Gasteiger partial charge < -0.3 is 25.0 Å². The summed E-state index contributed by atoms with van der Waals surface area (Å²) in [5.41, 5.74) is 3.45. The van der Waals surface area contributed by atoms with E-state index >= 15 is 0 Å². The number of alkyl carbamates (subject to hydrolysis) is 1. The summed E-state index contributed by atoms with van der Waals surface area (Å²) in [6.45, 7) is 9.29. The summed E-state index contributed by atoms with van der Waals surface area (Å²) in [5.74, 6) is 0.0227. The minimum atomic E-state index is -0.945. The smallest absolute Gasteiger partial charge is 0.408 e. The predicted octanol–water partition coefficient (Wildman–Crippen LogP) is 6.51.